The first-order valence-electron chi connectivity index (χ1n) is 9.82. The number of aromatic nitrogens is 5. The van der Waals surface area contributed by atoms with Crippen LogP contribution in [0.25, 0.3) is 11.2 Å². The standard InChI is InChI=1S/C19H18F5N7/c20-15(21)10-31-18-12(6-26-31)25-7-17(28-18)29-8-11-4-5-30(13(11)9-29)16-3-1-2-14(27-16)19(22,23)24/h1-3,6-7,11,13,15H,4-5,8-10H2/t11-,13+/m1/s1. The lowest BCUT2D eigenvalue weighted by atomic mass is 10.1. The van der Waals surface area contributed by atoms with Crippen molar-refractivity contribution >= 4 is 22.8 Å². The van der Waals surface area contributed by atoms with Crippen molar-refractivity contribution in [1.29, 1.82) is 0 Å². The Morgan fingerprint density at radius 2 is 1.90 bits per heavy atom. The van der Waals surface area contributed by atoms with Gasteiger partial charge in [-0.3, -0.25) is 0 Å². The Hall–Kier alpha value is -3.05. The van der Waals surface area contributed by atoms with Crippen LogP contribution >= 0.6 is 0 Å². The Morgan fingerprint density at radius 3 is 2.68 bits per heavy atom. The molecule has 0 N–H and O–H groups in total. The van der Waals surface area contributed by atoms with Gasteiger partial charge in [-0.15, -0.1) is 0 Å². The van der Waals surface area contributed by atoms with Gasteiger partial charge in [-0.1, -0.05) is 6.07 Å². The van der Waals surface area contributed by atoms with Gasteiger partial charge >= 0.3 is 6.18 Å². The van der Waals surface area contributed by atoms with E-state index in [1.54, 1.807) is 12.3 Å². The van der Waals surface area contributed by atoms with Crippen molar-refractivity contribution in [2.24, 2.45) is 5.92 Å². The minimum Gasteiger partial charge on any atom is -0.353 e. The van der Waals surface area contributed by atoms with Gasteiger partial charge in [0, 0.05) is 25.6 Å². The van der Waals surface area contributed by atoms with Crippen molar-refractivity contribution in [2.45, 2.75) is 31.6 Å². The maximum absolute atomic E-state index is 13.1. The first-order chi connectivity index (χ1) is 14.8. The molecule has 2 saturated heterocycles. The summed E-state index contributed by atoms with van der Waals surface area (Å²) in [6.07, 6.45) is -3.27. The Kier molecular flexibility index (Phi) is 4.67. The number of nitrogens with zero attached hydrogens (tertiary/aromatic N) is 7. The summed E-state index contributed by atoms with van der Waals surface area (Å²) in [4.78, 5) is 16.5. The molecule has 2 atom stereocenters. The molecule has 2 aliphatic heterocycles. The zero-order chi connectivity index (χ0) is 21.8. The van der Waals surface area contributed by atoms with E-state index in [4.69, 9.17) is 0 Å². The van der Waals surface area contributed by atoms with Crippen molar-refractivity contribution in [2.75, 3.05) is 29.4 Å². The Labute approximate surface area is 173 Å². The van der Waals surface area contributed by atoms with Crippen LogP contribution in [0.1, 0.15) is 12.1 Å². The van der Waals surface area contributed by atoms with Crippen molar-refractivity contribution in [3.63, 3.8) is 0 Å². The summed E-state index contributed by atoms with van der Waals surface area (Å²) in [6.45, 7) is 1.25. The third-order valence-electron chi connectivity index (χ3n) is 5.83. The van der Waals surface area contributed by atoms with Crippen LogP contribution in [0.3, 0.4) is 0 Å². The average Bonchev–Trinajstić information content (AvgIpc) is 3.41. The zero-order valence-corrected chi connectivity index (χ0v) is 16.2. The molecular weight excluding hydrogens is 421 g/mol. The summed E-state index contributed by atoms with van der Waals surface area (Å²) < 4.78 is 65.9. The highest BCUT2D eigenvalue weighted by Gasteiger charge is 2.43. The third-order valence-corrected chi connectivity index (χ3v) is 5.83. The first kappa shape index (κ1) is 19.9. The lowest BCUT2D eigenvalue weighted by Gasteiger charge is -2.26. The number of pyridine rings is 1. The molecule has 5 heterocycles. The number of hydrogen-bond donors (Lipinski definition) is 0. The summed E-state index contributed by atoms with van der Waals surface area (Å²) in [5.41, 5.74) is -0.197. The van der Waals surface area contributed by atoms with Gasteiger partial charge in [0.1, 0.15) is 29.4 Å². The predicted octanol–water partition coefficient (Wildman–Crippen LogP) is 3.22. The van der Waals surface area contributed by atoms with Gasteiger partial charge in [-0.25, -0.2) is 28.4 Å². The second-order valence-electron chi connectivity index (χ2n) is 7.75. The SMILES string of the molecule is FC(F)Cn1ncc2ncc(N3C[C@H]4CCN(c5cccc(C(F)(F)F)n5)[C@H]4C3)nc21. The lowest BCUT2D eigenvalue weighted by Crippen LogP contribution is -2.36. The molecule has 31 heavy (non-hydrogen) atoms. The average molecular weight is 439 g/mol. The molecule has 0 unspecified atom stereocenters. The topological polar surface area (TPSA) is 63.0 Å². The van der Waals surface area contributed by atoms with E-state index in [-0.39, 0.29) is 17.6 Å². The fraction of sp³-hybridized carbons (Fsp3) is 0.474. The Morgan fingerprint density at radius 1 is 1.06 bits per heavy atom. The maximum Gasteiger partial charge on any atom is 0.433 e. The van der Waals surface area contributed by atoms with E-state index < -0.39 is 24.8 Å². The van der Waals surface area contributed by atoms with Gasteiger partial charge in [0.05, 0.1) is 18.4 Å². The molecule has 0 saturated carbocycles. The first-order valence-corrected chi connectivity index (χ1v) is 9.82. The summed E-state index contributed by atoms with van der Waals surface area (Å²) in [7, 11) is 0. The van der Waals surface area contributed by atoms with Crippen LogP contribution in [0.5, 0.6) is 0 Å². The third kappa shape index (κ3) is 3.63. The molecule has 5 rings (SSSR count). The normalized spacial score (nSPS) is 21.5. The molecule has 2 aliphatic rings. The number of anilines is 2. The predicted molar refractivity (Wildman–Crippen MR) is 102 cm³/mol. The number of halogens is 5. The highest BCUT2D eigenvalue weighted by Crippen LogP contribution is 2.37. The van der Waals surface area contributed by atoms with Crippen LogP contribution in [0.4, 0.5) is 33.6 Å². The quantitative estimate of drug-likeness (QED) is 0.582. The van der Waals surface area contributed by atoms with Crippen molar-refractivity contribution < 1.29 is 22.0 Å². The van der Waals surface area contributed by atoms with Gasteiger partial charge in [0.15, 0.2) is 5.65 Å². The summed E-state index contributed by atoms with van der Waals surface area (Å²) >= 11 is 0. The second-order valence-corrected chi connectivity index (χ2v) is 7.75. The zero-order valence-electron chi connectivity index (χ0n) is 16.2. The highest BCUT2D eigenvalue weighted by molar-refractivity contribution is 5.71. The van der Waals surface area contributed by atoms with Gasteiger partial charge in [0.25, 0.3) is 6.43 Å². The fourth-order valence-corrected chi connectivity index (χ4v) is 4.43. The minimum absolute atomic E-state index is 0.0144. The summed E-state index contributed by atoms with van der Waals surface area (Å²) in [5, 5.41) is 3.92. The molecule has 2 fully saturated rings. The molecule has 0 amide bonds. The Bertz CT molecular complexity index is 1100. The second kappa shape index (κ2) is 7.27. The van der Waals surface area contributed by atoms with Crippen LogP contribution in [0.2, 0.25) is 0 Å². The molecule has 164 valence electrons. The number of hydrogen-bond acceptors (Lipinski definition) is 6. The van der Waals surface area contributed by atoms with Gasteiger partial charge in [0.2, 0.25) is 0 Å². The molecule has 12 heteroatoms. The molecule has 0 bridgehead atoms. The fourth-order valence-electron chi connectivity index (χ4n) is 4.43. The lowest BCUT2D eigenvalue weighted by molar-refractivity contribution is -0.141. The molecule has 3 aromatic heterocycles. The molecule has 0 aliphatic carbocycles. The van der Waals surface area contributed by atoms with Crippen molar-refractivity contribution in [3.8, 4) is 0 Å². The van der Waals surface area contributed by atoms with Gasteiger partial charge in [-0.2, -0.15) is 18.3 Å². The van der Waals surface area contributed by atoms with E-state index in [1.807, 2.05) is 9.80 Å². The smallest absolute Gasteiger partial charge is 0.353 e. The van der Waals surface area contributed by atoms with E-state index in [1.165, 1.54) is 12.3 Å². The van der Waals surface area contributed by atoms with E-state index in [9.17, 15) is 22.0 Å². The highest BCUT2D eigenvalue weighted by atomic mass is 19.4. The maximum atomic E-state index is 13.1. The number of fused-ring (bicyclic) bond motifs is 2. The van der Waals surface area contributed by atoms with E-state index in [0.717, 1.165) is 17.2 Å². The van der Waals surface area contributed by atoms with Crippen molar-refractivity contribution in [1.82, 2.24) is 24.7 Å². The van der Waals surface area contributed by atoms with E-state index in [0.29, 0.717) is 36.8 Å². The minimum atomic E-state index is -4.50. The summed E-state index contributed by atoms with van der Waals surface area (Å²) in [6, 6.07) is 3.91. The monoisotopic (exact) mass is 439 g/mol. The van der Waals surface area contributed by atoms with E-state index in [2.05, 4.69) is 20.1 Å². The number of rotatable bonds is 4. The van der Waals surface area contributed by atoms with Crippen LogP contribution in [0.15, 0.2) is 30.6 Å². The van der Waals surface area contributed by atoms with E-state index >= 15 is 0 Å². The largest absolute Gasteiger partial charge is 0.433 e. The van der Waals surface area contributed by atoms with Crippen LogP contribution in [-0.2, 0) is 12.7 Å². The van der Waals surface area contributed by atoms with Gasteiger partial charge < -0.3 is 9.80 Å². The van der Waals surface area contributed by atoms with Crippen molar-refractivity contribution in [3.05, 3.63) is 36.3 Å². The summed E-state index contributed by atoms with van der Waals surface area (Å²) in [5.74, 6) is 1.08. The number of alkyl halides is 5. The van der Waals surface area contributed by atoms with Crippen LogP contribution < -0.4 is 9.80 Å². The molecule has 7 nitrogen and oxygen atoms in total. The van der Waals surface area contributed by atoms with Crippen LogP contribution in [0, 0.1) is 5.92 Å². The molecular formula is C19H18F5N7. The van der Waals surface area contributed by atoms with Gasteiger partial charge in [-0.05, 0) is 18.6 Å². The van der Waals surface area contributed by atoms with Crippen LogP contribution in [-0.4, -0.2) is 56.8 Å². The molecule has 3 aromatic rings. The molecule has 0 spiro atoms. The Balaban J connectivity index is 1.38. The molecule has 0 radical (unpaired) electrons. The molecule has 0 aromatic carbocycles.